The Morgan fingerprint density at radius 3 is 2.47 bits per heavy atom. The summed E-state index contributed by atoms with van der Waals surface area (Å²) in [7, 11) is -3.70. The van der Waals surface area contributed by atoms with Crippen molar-refractivity contribution in [1.29, 1.82) is 0 Å². The molecule has 0 N–H and O–H groups in total. The van der Waals surface area contributed by atoms with Gasteiger partial charge in [0.25, 0.3) is 5.16 Å². The first-order valence-electron chi connectivity index (χ1n) is 9.97. The minimum atomic E-state index is -3.70. The molecule has 1 aliphatic rings. The fraction of sp³-hybridized carbons (Fsp3) is 0.381. The van der Waals surface area contributed by atoms with Crippen molar-refractivity contribution >= 4 is 9.84 Å². The first-order valence-corrected chi connectivity index (χ1v) is 11.6. The minimum absolute atomic E-state index is 0.108. The molecule has 9 heteroatoms. The van der Waals surface area contributed by atoms with Crippen molar-refractivity contribution in [3.8, 4) is 5.69 Å². The summed E-state index contributed by atoms with van der Waals surface area (Å²) in [6.45, 7) is 2.58. The molecule has 158 valence electrons. The van der Waals surface area contributed by atoms with Crippen LogP contribution in [-0.2, 0) is 19.3 Å². The van der Waals surface area contributed by atoms with Crippen molar-refractivity contribution in [3.05, 3.63) is 66.2 Å². The first-order chi connectivity index (χ1) is 14.6. The van der Waals surface area contributed by atoms with Crippen molar-refractivity contribution in [2.45, 2.75) is 37.3 Å². The summed E-state index contributed by atoms with van der Waals surface area (Å²) < 4.78 is 39.3. The lowest BCUT2D eigenvalue weighted by Gasteiger charge is -2.36. The molecule has 3 aromatic rings. The summed E-state index contributed by atoms with van der Waals surface area (Å²) in [5.74, 6) is 0.0216. The molecule has 0 amide bonds. The second-order valence-electron chi connectivity index (χ2n) is 7.24. The Hall–Kier alpha value is -2.62. The van der Waals surface area contributed by atoms with E-state index in [1.165, 1.54) is 4.68 Å². The fourth-order valence-electron chi connectivity index (χ4n) is 3.56. The summed E-state index contributed by atoms with van der Waals surface area (Å²) in [4.78, 5) is 0. The monoisotopic (exact) mass is 428 g/mol. The van der Waals surface area contributed by atoms with E-state index < -0.39 is 16.1 Å². The van der Waals surface area contributed by atoms with Crippen LogP contribution < -0.4 is 0 Å². The van der Waals surface area contributed by atoms with Crippen LogP contribution in [-0.4, -0.2) is 47.1 Å². The Labute approximate surface area is 175 Å². The van der Waals surface area contributed by atoms with Crippen LogP contribution in [0.4, 0.5) is 0 Å². The molecule has 0 spiro atoms. The number of ether oxygens (including phenoxy) is 2. The maximum atomic E-state index is 13.0. The number of rotatable bonds is 7. The maximum absolute atomic E-state index is 13.0. The van der Waals surface area contributed by atoms with Crippen molar-refractivity contribution in [2.24, 2.45) is 5.92 Å². The largest absolute Gasteiger partial charge is 0.348 e. The van der Waals surface area contributed by atoms with Crippen molar-refractivity contribution < 1.29 is 17.9 Å². The summed E-state index contributed by atoms with van der Waals surface area (Å²) in [6.07, 6.45) is 0.463. The van der Waals surface area contributed by atoms with E-state index in [-0.39, 0.29) is 22.9 Å². The van der Waals surface area contributed by atoms with Gasteiger partial charge in [0.05, 0.1) is 24.2 Å². The van der Waals surface area contributed by atoms with Gasteiger partial charge in [-0.15, -0.1) is 0 Å². The number of benzene rings is 2. The van der Waals surface area contributed by atoms with Gasteiger partial charge in [0, 0.05) is 11.5 Å². The summed E-state index contributed by atoms with van der Waals surface area (Å²) >= 11 is 0. The third-order valence-corrected chi connectivity index (χ3v) is 6.86. The summed E-state index contributed by atoms with van der Waals surface area (Å²) in [6, 6.07) is 18.6. The molecular weight excluding hydrogens is 404 g/mol. The van der Waals surface area contributed by atoms with E-state index in [1.807, 2.05) is 36.4 Å². The van der Waals surface area contributed by atoms with Gasteiger partial charge >= 0.3 is 0 Å². The maximum Gasteiger partial charge on any atom is 0.272 e. The SMILES string of the molecule is CC[C@@H]1CO[C@@H](c2ccccc2)O[C@H]1CCS(=O)(=O)c1nnnn1-c1ccccc1. The molecule has 1 aromatic heterocycles. The van der Waals surface area contributed by atoms with E-state index in [1.54, 1.807) is 24.3 Å². The highest BCUT2D eigenvalue weighted by Gasteiger charge is 2.34. The third kappa shape index (κ3) is 4.43. The van der Waals surface area contributed by atoms with Crippen molar-refractivity contribution in [1.82, 2.24) is 20.2 Å². The van der Waals surface area contributed by atoms with E-state index in [0.717, 1.165) is 12.0 Å². The molecule has 0 radical (unpaired) electrons. The van der Waals surface area contributed by atoms with Crippen LogP contribution in [0.2, 0.25) is 0 Å². The lowest BCUT2D eigenvalue weighted by atomic mass is 9.97. The Bertz CT molecular complexity index is 1060. The highest BCUT2D eigenvalue weighted by Crippen LogP contribution is 2.32. The predicted octanol–water partition coefficient (Wildman–Crippen LogP) is 2.97. The average molecular weight is 429 g/mol. The molecule has 3 atom stereocenters. The number of para-hydroxylation sites is 1. The molecule has 0 saturated carbocycles. The van der Waals surface area contributed by atoms with Gasteiger partial charge in [0.2, 0.25) is 9.84 Å². The third-order valence-electron chi connectivity index (χ3n) is 5.27. The Kier molecular flexibility index (Phi) is 6.21. The summed E-state index contributed by atoms with van der Waals surface area (Å²) in [5.41, 5.74) is 1.52. The molecule has 0 bridgehead atoms. The van der Waals surface area contributed by atoms with Gasteiger partial charge in [-0.2, -0.15) is 4.68 Å². The van der Waals surface area contributed by atoms with Crippen LogP contribution in [0.25, 0.3) is 5.69 Å². The summed E-state index contributed by atoms with van der Waals surface area (Å²) in [5, 5.41) is 11.0. The molecule has 2 heterocycles. The van der Waals surface area contributed by atoms with E-state index in [0.29, 0.717) is 18.7 Å². The number of nitrogens with zero attached hydrogens (tertiary/aromatic N) is 4. The fourth-order valence-corrected chi connectivity index (χ4v) is 4.86. The lowest BCUT2D eigenvalue weighted by molar-refractivity contribution is -0.241. The molecule has 8 nitrogen and oxygen atoms in total. The molecule has 4 rings (SSSR count). The zero-order valence-electron chi connectivity index (χ0n) is 16.7. The van der Waals surface area contributed by atoms with Gasteiger partial charge in [-0.25, -0.2) is 8.42 Å². The van der Waals surface area contributed by atoms with Crippen LogP contribution >= 0.6 is 0 Å². The lowest BCUT2D eigenvalue weighted by Crippen LogP contribution is -2.37. The Morgan fingerprint density at radius 2 is 1.77 bits per heavy atom. The molecule has 1 saturated heterocycles. The molecule has 1 fully saturated rings. The number of hydrogen-bond acceptors (Lipinski definition) is 7. The molecule has 2 aromatic carbocycles. The standard InChI is InChI=1S/C21H24N4O4S/c1-2-16-15-28-20(17-9-5-3-6-10-17)29-19(16)13-14-30(26,27)21-22-23-24-25(21)18-11-7-4-8-12-18/h3-12,16,19-20H,2,13-15H2,1H3/t16-,19+,20-/m1/s1. The normalized spacial score (nSPS) is 22.1. The highest BCUT2D eigenvalue weighted by atomic mass is 32.2. The van der Waals surface area contributed by atoms with Crippen LogP contribution in [0.5, 0.6) is 0 Å². The van der Waals surface area contributed by atoms with Crippen LogP contribution in [0.1, 0.15) is 31.6 Å². The van der Waals surface area contributed by atoms with Crippen LogP contribution in [0.15, 0.2) is 65.8 Å². The number of hydrogen-bond donors (Lipinski definition) is 0. The second kappa shape index (κ2) is 9.03. The molecule has 1 aliphatic heterocycles. The van der Waals surface area contributed by atoms with Gasteiger partial charge in [-0.1, -0.05) is 60.6 Å². The molecule has 0 unspecified atom stereocenters. The zero-order chi connectivity index (χ0) is 21.0. The van der Waals surface area contributed by atoms with E-state index in [4.69, 9.17) is 9.47 Å². The first kappa shape index (κ1) is 20.6. The van der Waals surface area contributed by atoms with Gasteiger partial charge < -0.3 is 9.47 Å². The van der Waals surface area contributed by atoms with Crippen LogP contribution in [0, 0.1) is 5.92 Å². The van der Waals surface area contributed by atoms with Gasteiger partial charge in [0.1, 0.15) is 0 Å². The van der Waals surface area contributed by atoms with Gasteiger partial charge in [-0.3, -0.25) is 0 Å². The van der Waals surface area contributed by atoms with E-state index >= 15 is 0 Å². The smallest absolute Gasteiger partial charge is 0.272 e. The van der Waals surface area contributed by atoms with Crippen LogP contribution in [0.3, 0.4) is 0 Å². The van der Waals surface area contributed by atoms with E-state index in [2.05, 4.69) is 22.4 Å². The highest BCUT2D eigenvalue weighted by molar-refractivity contribution is 7.91. The van der Waals surface area contributed by atoms with Crippen molar-refractivity contribution in [3.63, 3.8) is 0 Å². The zero-order valence-corrected chi connectivity index (χ0v) is 17.5. The number of aromatic nitrogens is 4. The molecule has 0 aliphatic carbocycles. The topological polar surface area (TPSA) is 96.2 Å². The molecular formula is C21H24N4O4S. The van der Waals surface area contributed by atoms with Gasteiger partial charge in [0.15, 0.2) is 6.29 Å². The molecule has 30 heavy (non-hydrogen) atoms. The Balaban J connectivity index is 1.49. The predicted molar refractivity (Wildman–Crippen MR) is 110 cm³/mol. The average Bonchev–Trinajstić information content (AvgIpc) is 3.30. The van der Waals surface area contributed by atoms with Gasteiger partial charge in [-0.05, 0) is 35.4 Å². The number of sulfone groups is 1. The van der Waals surface area contributed by atoms with Crippen molar-refractivity contribution in [2.75, 3.05) is 12.4 Å². The quantitative estimate of drug-likeness (QED) is 0.571. The Morgan fingerprint density at radius 1 is 1.07 bits per heavy atom. The second-order valence-corrected chi connectivity index (χ2v) is 9.24. The van der Waals surface area contributed by atoms with E-state index in [9.17, 15) is 8.42 Å². The number of tetrazole rings is 1. The minimum Gasteiger partial charge on any atom is -0.348 e.